The molecule has 0 amide bonds. The Bertz CT molecular complexity index is 1110. The summed E-state index contributed by atoms with van der Waals surface area (Å²) in [4.78, 5) is 36.8. The Morgan fingerprint density at radius 1 is 0.574 bits per heavy atom. The number of carboxylic acids is 1. The zero-order valence-electron chi connectivity index (χ0n) is 34.9. The molecule has 0 aliphatic carbocycles. The highest BCUT2D eigenvalue weighted by Gasteiger charge is 2.25. The summed E-state index contributed by atoms with van der Waals surface area (Å²) in [6.45, 7) is 4.43. The molecular formula is C46H77NO7. The average molecular weight is 756 g/mol. The van der Waals surface area contributed by atoms with Crippen molar-refractivity contribution in [1.29, 1.82) is 0 Å². The van der Waals surface area contributed by atoms with E-state index in [2.05, 4.69) is 56.4 Å². The number of hydrogen-bond donors (Lipinski definition) is 0. The van der Waals surface area contributed by atoms with E-state index in [4.69, 9.17) is 14.2 Å². The lowest BCUT2D eigenvalue weighted by Crippen LogP contribution is -2.55. The normalized spacial score (nSPS) is 13.7. The molecule has 0 N–H and O–H groups in total. The molecule has 0 rings (SSSR count). The van der Waals surface area contributed by atoms with Crippen molar-refractivity contribution in [2.75, 3.05) is 41.0 Å². The number of carbonyl (C=O) groups excluding carboxylic acids is 3. The highest BCUT2D eigenvalue weighted by molar-refractivity contribution is 5.70. The summed E-state index contributed by atoms with van der Waals surface area (Å²) >= 11 is 0. The monoisotopic (exact) mass is 756 g/mol. The number of allylic oxidation sites excluding steroid dienone is 12. The first-order chi connectivity index (χ1) is 26.1. The third-order valence-corrected chi connectivity index (χ3v) is 8.95. The number of carbonyl (C=O) groups is 3. The van der Waals surface area contributed by atoms with Gasteiger partial charge in [-0.15, -0.1) is 0 Å². The maximum absolute atomic E-state index is 12.7. The molecule has 0 bridgehead atoms. The van der Waals surface area contributed by atoms with Crippen molar-refractivity contribution in [2.24, 2.45) is 0 Å². The minimum absolute atomic E-state index is 0.0241. The number of ether oxygens (including phenoxy) is 3. The van der Waals surface area contributed by atoms with Gasteiger partial charge in [-0.25, -0.2) is 0 Å². The molecule has 0 spiro atoms. The fourth-order valence-corrected chi connectivity index (χ4v) is 5.66. The first-order valence-electron chi connectivity index (χ1n) is 21.0. The first kappa shape index (κ1) is 50.8. The van der Waals surface area contributed by atoms with Gasteiger partial charge in [0.25, 0.3) is 0 Å². The Morgan fingerprint density at radius 2 is 1.04 bits per heavy atom. The molecule has 0 aromatic heterocycles. The Kier molecular flexibility index (Phi) is 34.5. The van der Waals surface area contributed by atoms with Crippen molar-refractivity contribution in [2.45, 2.75) is 161 Å². The fourth-order valence-electron chi connectivity index (χ4n) is 5.66. The molecule has 0 saturated carbocycles. The number of carboxylic acid groups (broad SMARTS) is 1. The van der Waals surface area contributed by atoms with E-state index in [1.165, 1.54) is 32.1 Å². The molecule has 0 aromatic carbocycles. The van der Waals surface area contributed by atoms with Crippen LogP contribution in [0.25, 0.3) is 0 Å². The largest absolute Gasteiger partial charge is 0.544 e. The molecule has 2 unspecified atom stereocenters. The summed E-state index contributed by atoms with van der Waals surface area (Å²) in [5.74, 6) is -1.79. The lowest BCUT2D eigenvalue weighted by molar-refractivity contribution is -0.889. The number of quaternary nitrogens is 1. The second-order valence-electron chi connectivity index (χ2n) is 15.0. The van der Waals surface area contributed by atoms with E-state index in [0.717, 1.165) is 83.5 Å². The highest BCUT2D eigenvalue weighted by atomic mass is 16.6. The van der Waals surface area contributed by atoms with Crippen LogP contribution >= 0.6 is 0 Å². The molecule has 0 radical (unpaired) electrons. The van der Waals surface area contributed by atoms with Crippen molar-refractivity contribution in [3.05, 3.63) is 72.9 Å². The molecule has 54 heavy (non-hydrogen) atoms. The van der Waals surface area contributed by atoms with Crippen LogP contribution in [0.2, 0.25) is 0 Å². The second kappa shape index (κ2) is 36.7. The number of likely N-dealkylation sites (N-methyl/N-ethyl adjacent to an activating group) is 1. The Morgan fingerprint density at radius 3 is 1.56 bits per heavy atom. The van der Waals surface area contributed by atoms with Crippen molar-refractivity contribution < 1.29 is 38.2 Å². The van der Waals surface area contributed by atoms with Gasteiger partial charge in [0.05, 0.1) is 40.3 Å². The van der Waals surface area contributed by atoms with Crippen LogP contribution in [0.4, 0.5) is 0 Å². The smallest absolute Gasteiger partial charge is 0.306 e. The zero-order valence-corrected chi connectivity index (χ0v) is 34.9. The summed E-state index contributed by atoms with van der Waals surface area (Å²) in [5.41, 5.74) is 0. The SMILES string of the molecule is CC/C=C/C=C/C=C/C=C/CCCCCCCC(=O)OCC(COCCC(C(=O)[O-])[N+](C)(C)C)OC(=O)CCCCCCCC/C=C/C=C/CCCCC. The van der Waals surface area contributed by atoms with Gasteiger partial charge in [0.15, 0.2) is 6.10 Å². The van der Waals surface area contributed by atoms with Gasteiger partial charge < -0.3 is 28.6 Å². The molecule has 8 heteroatoms. The maximum atomic E-state index is 12.7. The predicted octanol–water partition coefficient (Wildman–Crippen LogP) is 9.85. The molecule has 0 fully saturated rings. The molecule has 0 aliphatic rings. The summed E-state index contributed by atoms with van der Waals surface area (Å²) in [5, 5.41) is 11.6. The summed E-state index contributed by atoms with van der Waals surface area (Å²) in [6, 6.07) is -0.734. The van der Waals surface area contributed by atoms with Gasteiger partial charge in [0, 0.05) is 19.3 Å². The third kappa shape index (κ3) is 34.5. The summed E-state index contributed by atoms with van der Waals surface area (Å²) in [6.07, 6.45) is 44.9. The maximum Gasteiger partial charge on any atom is 0.306 e. The standard InChI is InChI=1S/C46H77NO7/c1-6-8-10-12-14-16-18-20-22-24-26-28-30-32-34-36-44(48)53-41-42(40-52-39-38-43(46(50)51)47(3,4)5)54-45(49)37-35-33-31-29-27-25-23-21-19-17-15-13-11-9-7-2/h8,10,12,14-22,42-43H,6-7,9,11,13,23-41H2,1-5H3/b10-8+,14-12+,17-15+,18-16+,21-19+,22-20+. The van der Waals surface area contributed by atoms with Crippen LogP contribution in [0.15, 0.2) is 72.9 Å². The van der Waals surface area contributed by atoms with Gasteiger partial charge in [-0.1, -0.05) is 145 Å². The molecule has 8 nitrogen and oxygen atoms in total. The van der Waals surface area contributed by atoms with Gasteiger partial charge in [-0.3, -0.25) is 9.59 Å². The fraction of sp³-hybridized carbons (Fsp3) is 0.674. The van der Waals surface area contributed by atoms with Gasteiger partial charge >= 0.3 is 11.9 Å². The second-order valence-corrected chi connectivity index (χ2v) is 15.0. The first-order valence-corrected chi connectivity index (χ1v) is 21.0. The lowest BCUT2D eigenvalue weighted by atomic mass is 10.1. The average Bonchev–Trinajstić information content (AvgIpc) is 3.12. The number of hydrogen-bond acceptors (Lipinski definition) is 7. The van der Waals surface area contributed by atoms with Gasteiger partial charge in [-0.2, -0.15) is 0 Å². The Labute approximate surface area is 330 Å². The quantitative estimate of drug-likeness (QED) is 0.0272. The topological polar surface area (TPSA) is 102 Å². The minimum Gasteiger partial charge on any atom is -0.544 e. The van der Waals surface area contributed by atoms with E-state index >= 15 is 0 Å². The summed E-state index contributed by atoms with van der Waals surface area (Å²) < 4.78 is 17.1. The van der Waals surface area contributed by atoms with Crippen molar-refractivity contribution in [3.8, 4) is 0 Å². The Hall–Kier alpha value is -3.23. The summed E-state index contributed by atoms with van der Waals surface area (Å²) in [7, 11) is 5.38. The van der Waals surface area contributed by atoms with E-state index in [1.54, 1.807) is 21.1 Å². The van der Waals surface area contributed by atoms with Gasteiger partial charge in [0.2, 0.25) is 0 Å². The van der Waals surface area contributed by atoms with E-state index in [-0.39, 0.29) is 42.7 Å². The Balaban J connectivity index is 4.45. The molecule has 0 heterocycles. The van der Waals surface area contributed by atoms with Crippen molar-refractivity contribution >= 4 is 17.9 Å². The number of rotatable bonds is 36. The third-order valence-electron chi connectivity index (χ3n) is 8.95. The van der Waals surface area contributed by atoms with Crippen molar-refractivity contribution in [1.82, 2.24) is 0 Å². The molecule has 0 aromatic rings. The zero-order chi connectivity index (χ0) is 40.0. The highest BCUT2D eigenvalue weighted by Crippen LogP contribution is 2.13. The van der Waals surface area contributed by atoms with Crippen LogP contribution in [0.1, 0.15) is 149 Å². The van der Waals surface area contributed by atoms with E-state index in [1.807, 2.05) is 30.4 Å². The van der Waals surface area contributed by atoms with E-state index in [9.17, 15) is 19.5 Å². The van der Waals surface area contributed by atoms with Crippen LogP contribution in [0.5, 0.6) is 0 Å². The van der Waals surface area contributed by atoms with Crippen LogP contribution in [0, 0.1) is 0 Å². The number of esters is 2. The molecular weight excluding hydrogens is 679 g/mol. The van der Waals surface area contributed by atoms with E-state index in [0.29, 0.717) is 12.8 Å². The van der Waals surface area contributed by atoms with Gasteiger partial charge in [0.1, 0.15) is 12.6 Å². The number of unbranched alkanes of at least 4 members (excludes halogenated alkanes) is 14. The van der Waals surface area contributed by atoms with Crippen molar-refractivity contribution in [3.63, 3.8) is 0 Å². The van der Waals surface area contributed by atoms with Crippen LogP contribution < -0.4 is 5.11 Å². The van der Waals surface area contributed by atoms with Gasteiger partial charge in [-0.05, 0) is 57.8 Å². The lowest BCUT2D eigenvalue weighted by Gasteiger charge is -2.34. The minimum atomic E-state index is -1.13. The number of nitrogens with zero attached hydrogens (tertiary/aromatic N) is 1. The van der Waals surface area contributed by atoms with Crippen LogP contribution in [0.3, 0.4) is 0 Å². The molecule has 0 aliphatic heterocycles. The molecule has 0 saturated heterocycles. The predicted molar refractivity (Wildman–Crippen MR) is 222 cm³/mol. The number of aliphatic carboxylic acids is 1. The molecule has 308 valence electrons. The van der Waals surface area contributed by atoms with E-state index < -0.39 is 18.1 Å². The van der Waals surface area contributed by atoms with Crippen LogP contribution in [-0.2, 0) is 28.6 Å². The molecule has 2 atom stereocenters. The van der Waals surface area contributed by atoms with Crippen LogP contribution in [-0.4, -0.2) is 75.5 Å².